The fourth-order valence-electron chi connectivity index (χ4n) is 4.24. The van der Waals surface area contributed by atoms with Gasteiger partial charge in [0.05, 0.1) is 0 Å². The first-order valence-electron chi connectivity index (χ1n) is 13.3. The van der Waals surface area contributed by atoms with E-state index in [2.05, 4.69) is 26.6 Å². The zero-order chi connectivity index (χ0) is 27.4. The molecule has 5 amide bonds. The van der Waals surface area contributed by atoms with Gasteiger partial charge < -0.3 is 26.6 Å². The van der Waals surface area contributed by atoms with Crippen molar-refractivity contribution in [3.05, 3.63) is 35.9 Å². The zero-order valence-corrected chi connectivity index (χ0v) is 22.3. The predicted molar refractivity (Wildman–Crippen MR) is 140 cm³/mol. The Kier molecular flexibility index (Phi) is 12.1. The fourth-order valence-corrected chi connectivity index (χ4v) is 4.24. The third-order valence-electron chi connectivity index (χ3n) is 6.42. The molecule has 1 heterocycles. The van der Waals surface area contributed by atoms with Crippen LogP contribution in [0.5, 0.6) is 0 Å². The molecule has 0 radical (unpaired) electrons. The standard InChI is InChI=1S/C27H41N5O5/c1-5-12-20-25(35)28-18(7-3)23(33)31-21(13-6-2)26(36)32-22(16-17-14-10-9-11-15-17)27(37)29-19(8-4)24(34)30-20/h9-11,14-15,18-22H,5-8,12-13,16H2,1-4H3,(H,28,35)(H,29,37)(H,30,34)(H,31,33)(H,32,36)/t18-,19-,20-,21-,22-/m0/s1. The molecule has 1 aromatic rings. The van der Waals surface area contributed by atoms with E-state index < -0.39 is 59.7 Å². The molecule has 1 saturated heterocycles. The molecule has 1 aliphatic heterocycles. The van der Waals surface area contributed by atoms with Crippen molar-refractivity contribution in [1.29, 1.82) is 0 Å². The van der Waals surface area contributed by atoms with Gasteiger partial charge in [-0.05, 0) is 31.2 Å². The van der Waals surface area contributed by atoms with E-state index in [4.69, 9.17) is 0 Å². The van der Waals surface area contributed by atoms with Crippen molar-refractivity contribution in [1.82, 2.24) is 26.6 Å². The second-order valence-electron chi connectivity index (χ2n) is 9.39. The lowest BCUT2D eigenvalue weighted by Gasteiger charge is -2.25. The zero-order valence-electron chi connectivity index (χ0n) is 22.3. The van der Waals surface area contributed by atoms with Crippen molar-refractivity contribution in [3.8, 4) is 0 Å². The van der Waals surface area contributed by atoms with Crippen LogP contribution in [0.3, 0.4) is 0 Å². The average Bonchev–Trinajstić information content (AvgIpc) is 2.89. The van der Waals surface area contributed by atoms with Gasteiger partial charge in [-0.1, -0.05) is 70.9 Å². The number of hydrogen-bond donors (Lipinski definition) is 5. The van der Waals surface area contributed by atoms with Crippen LogP contribution in [0.4, 0.5) is 0 Å². The summed E-state index contributed by atoms with van der Waals surface area (Å²) in [6.07, 6.45) is 2.78. The molecule has 0 spiro atoms. The summed E-state index contributed by atoms with van der Waals surface area (Å²) in [5.41, 5.74) is 0.832. The van der Waals surface area contributed by atoms with Crippen molar-refractivity contribution in [3.63, 3.8) is 0 Å². The minimum atomic E-state index is -0.966. The number of nitrogens with one attached hydrogen (secondary N) is 5. The van der Waals surface area contributed by atoms with Crippen molar-refractivity contribution in [2.75, 3.05) is 0 Å². The molecule has 37 heavy (non-hydrogen) atoms. The highest BCUT2D eigenvalue weighted by molar-refractivity contribution is 5.97. The Hall–Kier alpha value is -3.43. The lowest BCUT2D eigenvalue weighted by atomic mass is 10.0. The molecule has 0 aromatic heterocycles. The maximum Gasteiger partial charge on any atom is 0.243 e. The Morgan fingerprint density at radius 1 is 0.514 bits per heavy atom. The molecule has 2 rings (SSSR count). The molecule has 10 nitrogen and oxygen atoms in total. The number of amides is 5. The van der Waals surface area contributed by atoms with Gasteiger partial charge in [-0.15, -0.1) is 0 Å². The minimum Gasteiger partial charge on any atom is -0.343 e. The van der Waals surface area contributed by atoms with Gasteiger partial charge in [0, 0.05) is 6.42 Å². The van der Waals surface area contributed by atoms with Crippen LogP contribution in [0.15, 0.2) is 30.3 Å². The lowest BCUT2D eigenvalue weighted by Crippen LogP contribution is -2.58. The molecule has 1 fully saturated rings. The van der Waals surface area contributed by atoms with E-state index in [-0.39, 0.29) is 6.42 Å². The summed E-state index contributed by atoms with van der Waals surface area (Å²) in [6.45, 7) is 7.29. The number of carbonyl (C=O) groups is 5. The monoisotopic (exact) mass is 515 g/mol. The van der Waals surface area contributed by atoms with E-state index in [1.165, 1.54) is 0 Å². The van der Waals surface area contributed by atoms with Gasteiger partial charge in [0.1, 0.15) is 30.2 Å². The summed E-state index contributed by atoms with van der Waals surface area (Å²) in [5, 5.41) is 13.7. The average molecular weight is 516 g/mol. The van der Waals surface area contributed by atoms with Gasteiger partial charge in [-0.25, -0.2) is 0 Å². The molecule has 5 N–H and O–H groups in total. The third-order valence-corrected chi connectivity index (χ3v) is 6.42. The second kappa shape index (κ2) is 15.0. The third kappa shape index (κ3) is 8.87. The van der Waals surface area contributed by atoms with Gasteiger partial charge >= 0.3 is 0 Å². The van der Waals surface area contributed by atoms with E-state index in [1.807, 2.05) is 44.2 Å². The van der Waals surface area contributed by atoms with Crippen LogP contribution in [0.25, 0.3) is 0 Å². The summed E-state index contributed by atoms with van der Waals surface area (Å²) >= 11 is 0. The summed E-state index contributed by atoms with van der Waals surface area (Å²) in [5.74, 6) is -2.48. The molecule has 0 unspecified atom stereocenters. The van der Waals surface area contributed by atoms with Crippen molar-refractivity contribution in [2.24, 2.45) is 0 Å². The first kappa shape index (κ1) is 29.8. The summed E-state index contributed by atoms with van der Waals surface area (Å²) < 4.78 is 0. The van der Waals surface area contributed by atoms with Gasteiger partial charge in [-0.2, -0.15) is 0 Å². The van der Waals surface area contributed by atoms with Crippen LogP contribution in [0.1, 0.15) is 71.8 Å². The molecule has 204 valence electrons. The molecular formula is C27H41N5O5. The van der Waals surface area contributed by atoms with Crippen molar-refractivity contribution < 1.29 is 24.0 Å². The van der Waals surface area contributed by atoms with Gasteiger partial charge in [-0.3, -0.25) is 24.0 Å². The van der Waals surface area contributed by atoms with Crippen LogP contribution in [0, 0.1) is 0 Å². The Morgan fingerprint density at radius 2 is 0.865 bits per heavy atom. The normalized spacial score (nSPS) is 26.1. The SMILES string of the molecule is CCC[C@@H]1NC(=O)[C@H](CC)NC(=O)[C@H](Cc2ccccc2)NC(=O)[C@H](CCC)NC(=O)[C@H](CC)NC1=O. The van der Waals surface area contributed by atoms with Crippen LogP contribution in [-0.4, -0.2) is 59.7 Å². The summed E-state index contributed by atoms with van der Waals surface area (Å²) in [7, 11) is 0. The van der Waals surface area contributed by atoms with Gasteiger partial charge in [0.15, 0.2) is 0 Å². The lowest BCUT2D eigenvalue weighted by molar-refractivity contribution is -0.134. The van der Waals surface area contributed by atoms with Crippen molar-refractivity contribution >= 4 is 29.5 Å². The van der Waals surface area contributed by atoms with Gasteiger partial charge in [0.25, 0.3) is 0 Å². The van der Waals surface area contributed by atoms with E-state index in [0.717, 1.165) is 5.56 Å². The van der Waals surface area contributed by atoms with Crippen molar-refractivity contribution in [2.45, 2.75) is 103 Å². The molecule has 5 atom stereocenters. The summed E-state index contributed by atoms with van der Waals surface area (Å²) in [6, 6.07) is 4.76. The largest absolute Gasteiger partial charge is 0.343 e. The predicted octanol–water partition coefficient (Wildman–Crippen LogP) is 1.09. The van der Waals surface area contributed by atoms with Crippen LogP contribution < -0.4 is 26.6 Å². The highest BCUT2D eigenvalue weighted by atomic mass is 16.2. The van der Waals surface area contributed by atoms with Crippen LogP contribution >= 0.6 is 0 Å². The Morgan fingerprint density at radius 3 is 1.27 bits per heavy atom. The van der Waals surface area contributed by atoms with Crippen LogP contribution in [0.2, 0.25) is 0 Å². The first-order valence-corrected chi connectivity index (χ1v) is 13.3. The number of rotatable bonds is 8. The van der Waals surface area contributed by atoms with E-state index in [0.29, 0.717) is 38.5 Å². The Balaban J connectivity index is 2.45. The molecule has 0 saturated carbocycles. The maximum absolute atomic E-state index is 13.3. The van der Waals surface area contributed by atoms with E-state index in [9.17, 15) is 24.0 Å². The quantitative estimate of drug-likeness (QED) is 0.352. The smallest absolute Gasteiger partial charge is 0.243 e. The summed E-state index contributed by atoms with van der Waals surface area (Å²) in [4.78, 5) is 65.8. The van der Waals surface area contributed by atoms with Gasteiger partial charge in [0.2, 0.25) is 29.5 Å². The molecular weight excluding hydrogens is 474 g/mol. The highest BCUT2D eigenvalue weighted by Crippen LogP contribution is 2.08. The minimum absolute atomic E-state index is 0.208. The second-order valence-corrected chi connectivity index (χ2v) is 9.39. The number of carbonyl (C=O) groups excluding carboxylic acids is 5. The van der Waals surface area contributed by atoms with Crippen LogP contribution in [-0.2, 0) is 30.4 Å². The molecule has 10 heteroatoms. The Bertz CT molecular complexity index is 938. The van der Waals surface area contributed by atoms with E-state index in [1.54, 1.807) is 13.8 Å². The topological polar surface area (TPSA) is 146 Å². The molecule has 1 aromatic carbocycles. The first-order chi connectivity index (χ1) is 17.7. The highest BCUT2D eigenvalue weighted by Gasteiger charge is 2.33. The number of benzene rings is 1. The Labute approximate surface area is 219 Å². The molecule has 0 aliphatic carbocycles. The maximum atomic E-state index is 13.3. The molecule has 0 bridgehead atoms. The van der Waals surface area contributed by atoms with E-state index >= 15 is 0 Å². The fraction of sp³-hybridized carbons (Fsp3) is 0.593. The molecule has 1 aliphatic rings. The number of hydrogen-bond acceptors (Lipinski definition) is 5.